The van der Waals surface area contributed by atoms with Gasteiger partial charge in [-0.2, -0.15) is 0 Å². The highest BCUT2D eigenvalue weighted by atomic mass is 16.7. The first-order chi connectivity index (χ1) is 20.8. The van der Waals surface area contributed by atoms with Crippen molar-refractivity contribution >= 4 is 11.9 Å². The van der Waals surface area contributed by atoms with Crippen molar-refractivity contribution in [3.63, 3.8) is 0 Å². The molecule has 0 aromatic heterocycles. The minimum absolute atomic E-state index is 0.0119. The normalized spacial score (nSPS) is 27.2. The van der Waals surface area contributed by atoms with Gasteiger partial charge in [-0.1, -0.05) is 55.5 Å². The Bertz CT molecular complexity index is 1200. The highest BCUT2D eigenvalue weighted by molar-refractivity contribution is 5.82. The van der Waals surface area contributed by atoms with E-state index in [2.05, 4.69) is 34.2 Å². The molecule has 0 saturated carbocycles. The Morgan fingerprint density at radius 1 is 0.953 bits per heavy atom. The van der Waals surface area contributed by atoms with Crippen LogP contribution in [0.15, 0.2) is 48.5 Å². The van der Waals surface area contributed by atoms with E-state index in [9.17, 15) is 14.7 Å². The fourth-order valence-electron chi connectivity index (χ4n) is 6.59. The van der Waals surface area contributed by atoms with Crippen LogP contribution in [0.3, 0.4) is 0 Å². The van der Waals surface area contributed by atoms with E-state index in [0.717, 1.165) is 41.9 Å². The van der Waals surface area contributed by atoms with Gasteiger partial charge in [0.2, 0.25) is 0 Å². The Kier molecular flexibility index (Phi) is 10.9. The number of ether oxygens (including phenoxy) is 3. The van der Waals surface area contributed by atoms with Crippen LogP contribution in [-0.4, -0.2) is 77.8 Å². The first-order valence-corrected chi connectivity index (χ1v) is 15.8. The number of nitrogens with zero attached hydrogens (tertiary/aromatic N) is 2. The Morgan fingerprint density at radius 2 is 1.63 bits per heavy atom. The van der Waals surface area contributed by atoms with Gasteiger partial charge in [0.05, 0.1) is 18.8 Å². The van der Waals surface area contributed by atoms with Crippen molar-refractivity contribution in [2.45, 2.75) is 90.2 Å². The molecule has 0 unspecified atom stereocenters. The van der Waals surface area contributed by atoms with Crippen LogP contribution in [-0.2, 0) is 37.0 Å². The zero-order valence-corrected chi connectivity index (χ0v) is 25.7. The van der Waals surface area contributed by atoms with Gasteiger partial charge in [0.25, 0.3) is 5.91 Å². The molecule has 0 radical (unpaired) electrons. The number of benzene rings is 2. The number of aliphatic hydroxyl groups is 1. The van der Waals surface area contributed by atoms with Gasteiger partial charge in [0, 0.05) is 44.1 Å². The average Bonchev–Trinajstić information content (AvgIpc) is 3.69. The summed E-state index contributed by atoms with van der Waals surface area (Å²) in [5.41, 5.74) is 3.81. The molecule has 6 atom stereocenters. The lowest BCUT2D eigenvalue weighted by Crippen LogP contribution is -2.48. The van der Waals surface area contributed by atoms with Crippen LogP contribution in [0, 0.1) is 5.92 Å². The summed E-state index contributed by atoms with van der Waals surface area (Å²) in [5, 5.41) is 12.4. The maximum absolute atomic E-state index is 12.3. The van der Waals surface area contributed by atoms with E-state index in [1.807, 2.05) is 36.4 Å². The number of amides is 1. The van der Waals surface area contributed by atoms with E-state index in [-0.39, 0.29) is 30.6 Å². The maximum atomic E-state index is 12.3. The van der Waals surface area contributed by atoms with Gasteiger partial charge in [-0.05, 0) is 68.9 Å². The topological polar surface area (TPSA) is 101 Å². The molecule has 9 heteroatoms. The first kappa shape index (κ1) is 31.6. The van der Waals surface area contributed by atoms with E-state index in [0.29, 0.717) is 12.6 Å². The predicted octanol–water partition coefficient (Wildman–Crippen LogP) is 4.10. The van der Waals surface area contributed by atoms with Gasteiger partial charge < -0.3 is 29.5 Å². The smallest absolute Gasteiger partial charge is 0.303 e. The van der Waals surface area contributed by atoms with Crippen molar-refractivity contribution in [2.75, 3.05) is 32.7 Å². The van der Waals surface area contributed by atoms with Crippen molar-refractivity contribution < 1.29 is 28.9 Å². The summed E-state index contributed by atoms with van der Waals surface area (Å²) in [7, 11) is 0. The molecule has 0 aliphatic carbocycles. The Balaban J connectivity index is 1.29. The number of carbonyl (C=O) groups excluding carboxylic acids is 2. The second-order valence-corrected chi connectivity index (χ2v) is 12.3. The third kappa shape index (κ3) is 8.22. The molecule has 3 fully saturated rings. The summed E-state index contributed by atoms with van der Waals surface area (Å²) < 4.78 is 18.3. The fraction of sp³-hybridized carbons (Fsp3) is 0.588. The van der Waals surface area contributed by atoms with E-state index >= 15 is 0 Å². The van der Waals surface area contributed by atoms with Gasteiger partial charge in [0.15, 0.2) is 12.4 Å². The minimum atomic E-state index is -0.839. The zero-order chi connectivity index (χ0) is 30.3. The van der Waals surface area contributed by atoms with E-state index in [1.54, 1.807) is 6.92 Å². The average molecular weight is 594 g/mol. The number of rotatable bonds is 11. The van der Waals surface area contributed by atoms with Crippen LogP contribution in [0.25, 0.3) is 0 Å². The molecule has 0 spiro atoms. The molecule has 234 valence electrons. The monoisotopic (exact) mass is 593 g/mol. The van der Waals surface area contributed by atoms with Gasteiger partial charge >= 0.3 is 5.97 Å². The zero-order valence-electron chi connectivity index (χ0n) is 25.7. The molecule has 2 N–H and O–H groups in total. The van der Waals surface area contributed by atoms with Crippen molar-refractivity contribution in [1.82, 2.24) is 15.1 Å². The number of carbonyl (C=O) groups is 2. The molecular weight excluding hydrogens is 546 g/mol. The first-order valence-electron chi connectivity index (χ1n) is 15.8. The number of nitrogens with one attached hydrogen (secondary N) is 1. The SMILES string of the molecule is CC(=O)O[C@@H](C)C(=O)NCc1ccc([C@@H]2O[C@H](CN3CCC[C@H]3CN3CCCC3)[C@H](C)[C@H](c3ccc(CO)cc3)O2)cc1. The number of hydrogen-bond acceptors (Lipinski definition) is 8. The molecule has 2 aromatic rings. The van der Waals surface area contributed by atoms with Crippen LogP contribution >= 0.6 is 0 Å². The lowest BCUT2D eigenvalue weighted by molar-refractivity contribution is -0.276. The standard InChI is InChI=1S/C34H47N3O6/c1-23-31(21-37-18-6-7-30(37)20-36-16-4-5-17-36)42-34(43-32(23)28-12-10-27(22-38)11-13-28)29-14-8-26(9-15-29)19-35-33(40)24(2)41-25(3)39/h8-15,23-24,30-32,34,38H,4-7,16-22H2,1-3H3,(H,35,40)/t23-,24-,30-,31+,32+,34+/m0/s1. The molecule has 43 heavy (non-hydrogen) atoms. The Labute approximate surface area is 255 Å². The molecule has 3 heterocycles. The second-order valence-electron chi connectivity index (χ2n) is 12.3. The summed E-state index contributed by atoms with van der Waals surface area (Å²) in [6.07, 6.45) is 3.54. The van der Waals surface area contributed by atoms with Crippen LogP contribution in [0.4, 0.5) is 0 Å². The number of esters is 1. The predicted molar refractivity (Wildman–Crippen MR) is 163 cm³/mol. The van der Waals surface area contributed by atoms with Crippen molar-refractivity contribution in [2.24, 2.45) is 5.92 Å². The summed E-state index contributed by atoms with van der Waals surface area (Å²) in [6, 6.07) is 16.5. The molecule has 3 aliphatic rings. The summed E-state index contributed by atoms with van der Waals surface area (Å²) in [4.78, 5) is 28.7. The number of likely N-dealkylation sites (tertiary alicyclic amines) is 2. The van der Waals surface area contributed by atoms with Crippen LogP contribution in [0.1, 0.15) is 81.1 Å². The van der Waals surface area contributed by atoms with Crippen molar-refractivity contribution in [3.05, 3.63) is 70.8 Å². The van der Waals surface area contributed by atoms with Crippen LogP contribution < -0.4 is 5.32 Å². The Morgan fingerprint density at radius 3 is 2.30 bits per heavy atom. The fourth-order valence-corrected chi connectivity index (χ4v) is 6.59. The summed E-state index contributed by atoms with van der Waals surface area (Å²) in [6.45, 7) is 10.9. The lowest BCUT2D eigenvalue weighted by Gasteiger charge is -2.43. The molecule has 0 bridgehead atoms. The van der Waals surface area contributed by atoms with Crippen molar-refractivity contribution in [1.29, 1.82) is 0 Å². The summed E-state index contributed by atoms with van der Waals surface area (Å²) >= 11 is 0. The second kappa shape index (κ2) is 14.8. The third-order valence-corrected chi connectivity index (χ3v) is 9.14. The van der Waals surface area contributed by atoms with Crippen molar-refractivity contribution in [3.8, 4) is 0 Å². The molecule has 5 rings (SSSR count). The Hall–Kier alpha value is -2.82. The molecule has 9 nitrogen and oxygen atoms in total. The lowest BCUT2D eigenvalue weighted by atomic mass is 9.90. The quantitative estimate of drug-likeness (QED) is 0.376. The minimum Gasteiger partial charge on any atom is -0.453 e. The summed E-state index contributed by atoms with van der Waals surface area (Å²) in [5.74, 6) is -0.686. The number of hydrogen-bond donors (Lipinski definition) is 2. The van der Waals surface area contributed by atoms with Gasteiger partial charge in [-0.15, -0.1) is 0 Å². The number of aliphatic hydroxyl groups excluding tert-OH is 1. The molecular formula is C34H47N3O6. The third-order valence-electron chi connectivity index (χ3n) is 9.14. The molecule has 3 aliphatic heterocycles. The maximum Gasteiger partial charge on any atom is 0.303 e. The highest BCUT2D eigenvalue weighted by Gasteiger charge is 2.40. The largest absolute Gasteiger partial charge is 0.453 e. The highest BCUT2D eigenvalue weighted by Crippen LogP contribution is 2.42. The van der Waals surface area contributed by atoms with Crippen LogP contribution in [0.5, 0.6) is 0 Å². The van der Waals surface area contributed by atoms with E-state index in [1.165, 1.54) is 45.7 Å². The van der Waals surface area contributed by atoms with Gasteiger partial charge in [-0.25, -0.2) is 0 Å². The molecule has 1 amide bonds. The molecule has 2 aromatic carbocycles. The molecule has 3 saturated heterocycles. The van der Waals surface area contributed by atoms with E-state index < -0.39 is 18.4 Å². The van der Waals surface area contributed by atoms with Crippen LogP contribution in [0.2, 0.25) is 0 Å². The van der Waals surface area contributed by atoms with Gasteiger partial charge in [0.1, 0.15) is 0 Å². The van der Waals surface area contributed by atoms with E-state index in [4.69, 9.17) is 14.2 Å². The van der Waals surface area contributed by atoms with Gasteiger partial charge in [-0.3, -0.25) is 14.5 Å².